The maximum absolute atomic E-state index is 12.0. The number of rotatable bonds is 4. The first-order valence-electron chi connectivity index (χ1n) is 6.58. The van der Waals surface area contributed by atoms with Gasteiger partial charge in [-0.05, 0) is 24.3 Å². The molecule has 116 valence electrons. The van der Waals surface area contributed by atoms with Crippen molar-refractivity contribution in [3.05, 3.63) is 47.6 Å². The maximum atomic E-state index is 12.0. The molecule has 0 saturated carbocycles. The van der Waals surface area contributed by atoms with Crippen molar-refractivity contribution in [2.45, 2.75) is 0 Å². The molecule has 1 aromatic carbocycles. The van der Waals surface area contributed by atoms with Crippen LogP contribution in [0.1, 0.15) is 10.4 Å². The van der Waals surface area contributed by atoms with Gasteiger partial charge in [-0.15, -0.1) is 11.3 Å². The fourth-order valence-corrected chi connectivity index (χ4v) is 2.61. The molecule has 2 aromatic heterocycles. The van der Waals surface area contributed by atoms with Crippen LogP contribution in [0, 0.1) is 0 Å². The molecule has 7 nitrogen and oxygen atoms in total. The fourth-order valence-electron chi connectivity index (χ4n) is 1.89. The first-order chi connectivity index (χ1) is 11.2. The van der Waals surface area contributed by atoms with Crippen LogP contribution in [-0.2, 0) is 0 Å². The highest BCUT2D eigenvalue weighted by Crippen LogP contribution is 2.32. The predicted molar refractivity (Wildman–Crippen MR) is 85.8 cm³/mol. The highest BCUT2D eigenvalue weighted by molar-refractivity contribution is 7.14. The number of aromatic nitrogens is 3. The molecule has 0 bridgehead atoms. The number of hydrogen-bond donors (Lipinski definition) is 2. The molecule has 2 N–H and O–H groups in total. The predicted octanol–water partition coefficient (Wildman–Crippen LogP) is 2.57. The average molecular weight is 328 g/mol. The average Bonchev–Trinajstić information content (AvgIpc) is 3.04. The van der Waals surface area contributed by atoms with Crippen molar-refractivity contribution in [2.24, 2.45) is 0 Å². The van der Waals surface area contributed by atoms with Crippen LogP contribution in [0.15, 0.2) is 42.0 Å². The topological polar surface area (TPSA) is 97.2 Å². The van der Waals surface area contributed by atoms with Crippen molar-refractivity contribution < 1.29 is 14.6 Å². The molecule has 0 aliphatic rings. The van der Waals surface area contributed by atoms with Crippen LogP contribution in [-0.4, -0.2) is 33.3 Å². The lowest BCUT2D eigenvalue weighted by Gasteiger charge is -2.04. The molecule has 0 unspecified atom stereocenters. The van der Waals surface area contributed by atoms with Gasteiger partial charge in [0.25, 0.3) is 5.91 Å². The molecule has 23 heavy (non-hydrogen) atoms. The van der Waals surface area contributed by atoms with Crippen molar-refractivity contribution in [1.82, 2.24) is 15.2 Å². The van der Waals surface area contributed by atoms with E-state index in [9.17, 15) is 9.90 Å². The van der Waals surface area contributed by atoms with Crippen LogP contribution in [0.4, 0.5) is 5.13 Å². The number of ether oxygens (including phenoxy) is 1. The lowest BCUT2D eigenvalue weighted by molar-refractivity contribution is 0.102. The van der Waals surface area contributed by atoms with Gasteiger partial charge in [-0.25, -0.2) is 4.98 Å². The van der Waals surface area contributed by atoms with E-state index in [0.29, 0.717) is 22.1 Å². The Morgan fingerprint density at radius 1 is 1.30 bits per heavy atom. The van der Waals surface area contributed by atoms with Gasteiger partial charge in [-0.3, -0.25) is 10.1 Å². The van der Waals surface area contributed by atoms with Crippen LogP contribution in [0.25, 0.3) is 11.3 Å². The van der Waals surface area contributed by atoms with E-state index >= 15 is 0 Å². The fraction of sp³-hybridized carbons (Fsp3) is 0.0667. The normalized spacial score (nSPS) is 10.3. The summed E-state index contributed by atoms with van der Waals surface area (Å²) in [5.41, 5.74) is 1.86. The number of amides is 1. The Bertz CT molecular complexity index is 836. The zero-order valence-electron chi connectivity index (χ0n) is 12.1. The minimum absolute atomic E-state index is 0.0604. The van der Waals surface area contributed by atoms with Gasteiger partial charge in [0, 0.05) is 10.9 Å². The lowest BCUT2D eigenvalue weighted by Crippen LogP contribution is -2.12. The molecular weight excluding hydrogens is 316 g/mol. The van der Waals surface area contributed by atoms with Gasteiger partial charge in [0.1, 0.15) is 0 Å². The molecule has 0 fully saturated rings. The number of carbonyl (C=O) groups is 1. The Balaban J connectivity index is 1.79. The van der Waals surface area contributed by atoms with E-state index in [1.165, 1.54) is 36.9 Å². The van der Waals surface area contributed by atoms with Crippen molar-refractivity contribution in [1.29, 1.82) is 0 Å². The Morgan fingerprint density at radius 3 is 2.91 bits per heavy atom. The number of phenolic OH excluding ortho intramolecular Hbond substituents is 1. The van der Waals surface area contributed by atoms with E-state index in [-0.39, 0.29) is 11.7 Å². The lowest BCUT2D eigenvalue weighted by atomic mass is 10.1. The molecule has 3 rings (SSSR count). The van der Waals surface area contributed by atoms with Gasteiger partial charge in [0.05, 0.1) is 30.8 Å². The van der Waals surface area contributed by atoms with Crippen molar-refractivity contribution in [2.75, 3.05) is 12.4 Å². The SMILES string of the molecule is COc1cc(-c2csc(NC(=O)c3ccnnc3)n2)ccc1O. The number of nitrogens with zero attached hydrogens (tertiary/aromatic N) is 3. The quantitative estimate of drug-likeness (QED) is 0.764. The Hall–Kier alpha value is -3.00. The van der Waals surface area contributed by atoms with E-state index in [1.807, 2.05) is 5.38 Å². The highest BCUT2D eigenvalue weighted by atomic mass is 32.1. The summed E-state index contributed by atoms with van der Waals surface area (Å²) in [4.78, 5) is 16.4. The molecule has 0 saturated heterocycles. The summed E-state index contributed by atoms with van der Waals surface area (Å²) in [6.07, 6.45) is 2.83. The van der Waals surface area contributed by atoms with Crippen molar-refractivity contribution in [3.8, 4) is 22.8 Å². The number of methoxy groups -OCH3 is 1. The highest BCUT2D eigenvalue weighted by Gasteiger charge is 2.11. The standard InChI is InChI=1S/C15H12N4O3S/c1-22-13-6-9(2-3-12(13)20)11-8-23-15(18-11)19-14(21)10-4-5-16-17-7-10/h2-8,20H,1H3,(H,18,19,21). The van der Waals surface area contributed by atoms with Gasteiger partial charge >= 0.3 is 0 Å². The minimum atomic E-state index is -0.302. The summed E-state index contributed by atoms with van der Waals surface area (Å²) in [6, 6.07) is 6.52. The van der Waals surface area contributed by atoms with Gasteiger partial charge in [0.2, 0.25) is 0 Å². The zero-order valence-corrected chi connectivity index (χ0v) is 12.9. The Labute approximate surface area is 135 Å². The Kier molecular flexibility index (Phi) is 4.15. The zero-order chi connectivity index (χ0) is 16.2. The van der Waals surface area contributed by atoms with Gasteiger partial charge in [0.15, 0.2) is 16.6 Å². The van der Waals surface area contributed by atoms with Crippen LogP contribution < -0.4 is 10.1 Å². The van der Waals surface area contributed by atoms with Crippen molar-refractivity contribution in [3.63, 3.8) is 0 Å². The summed E-state index contributed by atoms with van der Waals surface area (Å²) >= 11 is 1.30. The number of nitrogens with one attached hydrogen (secondary N) is 1. The third-order valence-electron chi connectivity index (χ3n) is 3.05. The summed E-state index contributed by atoms with van der Waals surface area (Å²) < 4.78 is 5.08. The second kappa shape index (κ2) is 6.41. The van der Waals surface area contributed by atoms with Crippen molar-refractivity contribution >= 4 is 22.4 Å². The molecular formula is C15H12N4O3S. The Morgan fingerprint density at radius 2 is 2.17 bits per heavy atom. The third-order valence-corrected chi connectivity index (χ3v) is 3.80. The van der Waals surface area contributed by atoms with Crippen LogP contribution in [0.3, 0.4) is 0 Å². The minimum Gasteiger partial charge on any atom is -0.504 e. The summed E-state index contributed by atoms with van der Waals surface area (Å²) in [7, 11) is 1.48. The summed E-state index contributed by atoms with van der Waals surface area (Å²) in [6.45, 7) is 0. The first kappa shape index (κ1) is 14.9. The van der Waals surface area contributed by atoms with E-state index in [0.717, 1.165) is 5.56 Å². The number of aromatic hydroxyl groups is 1. The molecule has 0 atom stereocenters. The first-order valence-corrected chi connectivity index (χ1v) is 7.46. The molecule has 1 amide bonds. The molecule has 0 spiro atoms. The smallest absolute Gasteiger partial charge is 0.259 e. The largest absolute Gasteiger partial charge is 0.504 e. The number of carbonyl (C=O) groups excluding carboxylic acids is 1. The molecule has 8 heteroatoms. The number of thiazole rings is 1. The number of hydrogen-bond acceptors (Lipinski definition) is 7. The molecule has 2 heterocycles. The second-order valence-corrected chi connectivity index (χ2v) is 5.37. The van der Waals surface area contributed by atoms with Gasteiger partial charge < -0.3 is 9.84 Å². The summed E-state index contributed by atoms with van der Waals surface area (Å²) in [5, 5.41) is 21.9. The molecule has 0 radical (unpaired) electrons. The molecule has 0 aliphatic heterocycles. The summed E-state index contributed by atoms with van der Waals surface area (Å²) in [5.74, 6) is 0.123. The van der Waals surface area contributed by atoms with E-state index in [2.05, 4.69) is 20.5 Å². The third kappa shape index (κ3) is 3.27. The molecule has 3 aromatic rings. The number of anilines is 1. The van der Waals surface area contributed by atoms with Gasteiger partial charge in [-0.2, -0.15) is 10.2 Å². The van der Waals surface area contributed by atoms with E-state index in [4.69, 9.17) is 4.74 Å². The van der Waals surface area contributed by atoms with Crippen LogP contribution in [0.5, 0.6) is 11.5 Å². The monoisotopic (exact) mass is 328 g/mol. The van der Waals surface area contributed by atoms with Crippen LogP contribution >= 0.6 is 11.3 Å². The van der Waals surface area contributed by atoms with Crippen LogP contribution in [0.2, 0.25) is 0 Å². The van der Waals surface area contributed by atoms with E-state index in [1.54, 1.807) is 18.2 Å². The maximum Gasteiger partial charge on any atom is 0.259 e. The van der Waals surface area contributed by atoms with Gasteiger partial charge in [-0.1, -0.05) is 0 Å². The number of benzene rings is 1. The van der Waals surface area contributed by atoms with E-state index < -0.39 is 0 Å². The molecule has 0 aliphatic carbocycles. The number of phenols is 1. The second-order valence-electron chi connectivity index (χ2n) is 4.51.